The second-order valence-corrected chi connectivity index (χ2v) is 6.47. The Balaban J connectivity index is 1.62. The number of carbonyl (C=O) groups excluding carboxylic acids is 1. The topological polar surface area (TPSA) is 61.6 Å². The SMILES string of the molecule is CC(CN)CN1CCN(CC(=O)NC2CCCC2)CC1. The molecule has 0 aromatic heterocycles. The predicted octanol–water partition coefficient (Wildman–Crippen LogP) is 0.258. The van der Waals surface area contributed by atoms with E-state index < -0.39 is 0 Å². The third-order valence-electron chi connectivity index (χ3n) is 4.52. The first-order valence-corrected chi connectivity index (χ1v) is 8.11. The number of nitrogens with one attached hydrogen (secondary N) is 1. The van der Waals surface area contributed by atoms with Crippen LogP contribution in [0.15, 0.2) is 0 Å². The maximum atomic E-state index is 12.0. The Bertz CT molecular complexity index is 296. The van der Waals surface area contributed by atoms with Gasteiger partial charge in [0.1, 0.15) is 0 Å². The van der Waals surface area contributed by atoms with E-state index in [0.717, 1.165) is 52.1 Å². The monoisotopic (exact) mass is 282 g/mol. The fourth-order valence-electron chi connectivity index (χ4n) is 3.19. The van der Waals surface area contributed by atoms with Crippen molar-refractivity contribution in [3.63, 3.8) is 0 Å². The molecule has 1 heterocycles. The highest BCUT2D eigenvalue weighted by Gasteiger charge is 2.22. The summed E-state index contributed by atoms with van der Waals surface area (Å²) in [6, 6.07) is 0.439. The first kappa shape index (κ1) is 15.7. The van der Waals surface area contributed by atoms with Crippen LogP contribution in [0.4, 0.5) is 0 Å². The van der Waals surface area contributed by atoms with E-state index in [4.69, 9.17) is 5.73 Å². The number of hydrogen-bond acceptors (Lipinski definition) is 4. The Hall–Kier alpha value is -0.650. The van der Waals surface area contributed by atoms with Gasteiger partial charge in [-0.15, -0.1) is 0 Å². The van der Waals surface area contributed by atoms with Gasteiger partial charge in [0.15, 0.2) is 0 Å². The summed E-state index contributed by atoms with van der Waals surface area (Å²) in [4.78, 5) is 16.7. The van der Waals surface area contributed by atoms with E-state index in [9.17, 15) is 4.79 Å². The van der Waals surface area contributed by atoms with Crippen LogP contribution in [0.2, 0.25) is 0 Å². The van der Waals surface area contributed by atoms with Gasteiger partial charge in [-0.2, -0.15) is 0 Å². The quantitative estimate of drug-likeness (QED) is 0.733. The maximum absolute atomic E-state index is 12.0. The van der Waals surface area contributed by atoms with Gasteiger partial charge in [0.25, 0.3) is 0 Å². The van der Waals surface area contributed by atoms with Crippen molar-refractivity contribution in [1.29, 1.82) is 0 Å². The molecule has 0 aromatic carbocycles. The van der Waals surface area contributed by atoms with Gasteiger partial charge in [-0.05, 0) is 25.3 Å². The molecule has 2 aliphatic rings. The maximum Gasteiger partial charge on any atom is 0.234 e. The van der Waals surface area contributed by atoms with Crippen LogP contribution in [-0.4, -0.2) is 67.6 Å². The van der Waals surface area contributed by atoms with E-state index >= 15 is 0 Å². The minimum absolute atomic E-state index is 0.209. The van der Waals surface area contributed by atoms with Gasteiger partial charge in [-0.25, -0.2) is 0 Å². The highest BCUT2D eigenvalue weighted by Crippen LogP contribution is 2.17. The van der Waals surface area contributed by atoms with Crippen LogP contribution in [0.3, 0.4) is 0 Å². The zero-order chi connectivity index (χ0) is 14.4. The first-order valence-electron chi connectivity index (χ1n) is 8.11. The van der Waals surface area contributed by atoms with Gasteiger partial charge < -0.3 is 16.0 Å². The molecular formula is C15H30N4O. The normalized spacial score (nSPS) is 23.9. The standard InChI is InChI=1S/C15H30N4O/c1-13(10-16)11-18-6-8-19(9-7-18)12-15(20)17-14-4-2-3-5-14/h13-14H,2-12,16H2,1H3,(H,17,20). The van der Waals surface area contributed by atoms with Gasteiger partial charge in [0.2, 0.25) is 5.91 Å². The van der Waals surface area contributed by atoms with Crippen LogP contribution in [-0.2, 0) is 4.79 Å². The number of nitrogens with two attached hydrogens (primary N) is 1. The molecule has 0 bridgehead atoms. The summed E-state index contributed by atoms with van der Waals surface area (Å²) in [7, 11) is 0. The molecule has 5 nitrogen and oxygen atoms in total. The Morgan fingerprint density at radius 1 is 1.20 bits per heavy atom. The summed E-state index contributed by atoms with van der Waals surface area (Å²) in [5, 5.41) is 3.17. The van der Waals surface area contributed by atoms with Crippen LogP contribution < -0.4 is 11.1 Å². The lowest BCUT2D eigenvalue weighted by Gasteiger charge is -2.35. The van der Waals surface area contributed by atoms with Crippen LogP contribution >= 0.6 is 0 Å². The molecule has 1 amide bonds. The van der Waals surface area contributed by atoms with Crippen LogP contribution in [0.1, 0.15) is 32.6 Å². The molecule has 0 aromatic rings. The Kier molecular flexibility index (Phi) is 6.26. The molecule has 5 heteroatoms. The highest BCUT2D eigenvalue weighted by atomic mass is 16.2. The molecule has 3 N–H and O–H groups in total. The number of piperazine rings is 1. The zero-order valence-corrected chi connectivity index (χ0v) is 12.8. The summed E-state index contributed by atoms with van der Waals surface area (Å²) in [6.07, 6.45) is 4.86. The minimum atomic E-state index is 0.209. The fourth-order valence-corrected chi connectivity index (χ4v) is 3.19. The van der Waals surface area contributed by atoms with Crippen LogP contribution in [0, 0.1) is 5.92 Å². The van der Waals surface area contributed by atoms with Crippen molar-refractivity contribution in [3.05, 3.63) is 0 Å². The van der Waals surface area contributed by atoms with Crippen LogP contribution in [0.5, 0.6) is 0 Å². The second kappa shape index (κ2) is 7.96. The minimum Gasteiger partial charge on any atom is -0.352 e. The smallest absolute Gasteiger partial charge is 0.234 e. The molecule has 1 saturated heterocycles. The molecule has 1 saturated carbocycles. The highest BCUT2D eigenvalue weighted by molar-refractivity contribution is 5.78. The summed E-state index contributed by atoms with van der Waals surface area (Å²) < 4.78 is 0. The predicted molar refractivity (Wildman–Crippen MR) is 81.5 cm³/mol. The molecule has 0 radical (unpaired) electrons. The number of hydrogen-bond donors (Lipinski definition) is 2. The molecule has 116 valence electrons. The molecule has 2 fully saturated rings. The Morgan fingerprint density at radius 2 is 1.80 bits per heavy atom. The Morgan fingerprint density at radius 3 is 2.40 bits per heavy atom. The van der Waals surface area contributed by atoms with E-state index in [2.05, 4.69) is 22.0 Å². The van der Waals surface area contributed by atoms with Gasteiger partial charge in [-0.3, -0.25) is 9.69 Å². The number of carbonyl (C=O) groups is 1. The van der Waals surface area contributed by atoms with Crippen molar-refractivity contribution >= 4 is 5.91 Å². The first-order chi connectivity index (χ1) is 9.67. The molecular weight excluding hydrogens is 252 g/mol. The zero-order valence-electron chi connectivity index (χ0n) is 12.8. The summed E-state index contributed by atoms with van der Waals surface area (Å²) >= 11 is 0. The number of rotatable bonds is 6. The second-order valence-electron chi connectivity index (χ2n) is 6.47. The lowest BCUT2D eigenvalue weighted by molar-refractivity contribution is -0.123. The van der Waals surface area contributed by atoms with Gasteiger partial charge in [0.05, 0.1) is 6.54 Å². The average Bonchev–Trinajstić information content (AvgIpc) is 2.93. The van der Waals surface area contributed by atoms with Gasteiger partial charge in [-0.1, -0.05) is 19.8 Å². The third kappa shape index (κ3) is 5.04. The largest absolute Gasteiger partial charge is 0.352 e. The van der Waals surface area contributed by atoms with E-state index in [1.165, 1.54) is 12.8 Å². The molecule has 1 aliphatic heterocycles. The van der Waals surface area contributed by atoms with Crippen molar-refractivity contribution in [2.45, 2.75) is 38.6 Å². The average molecular weight is 282 g/mol. The molecule has 20 heavy (non-hydrogen) atoms. The van der Waals surface area contributed by atoms with Crippen molar-refractivity contribution < 1.29 is 4.79 Å². The van der Waals surface area contributed by atoms with E-state index in [1.54, 1.807) is 0 Å². The number of nitrogens with zero attached hydrogens (tertiary/aromatic N) is 2. The van der Waals surface area contributed by atoms with Crippen molar-refractivity contribution in [3.8, 4) is 0 Å². The van der Waals surface area contributed by atoms with Gasteiger partial charge >= 0.3 is 0 Å². The third-order valence-corrected chi connectivity index (χ3v) is 4.52. The summed E-state index contributed by atoms with van der Waals surface area (Å²) in [5.74, 6) is 0.771. The van der Waals surface area contributed by atoms with Crippen molar-refractivity contribution in [2.24, 2.45) is 11.7 Å². The molecule has 2 rings (SSSR count). The summed E-state index contributed by atoms with van der Waals surface area (Å²) in [5.41, 5.74) is 5.67. The molecule has 0 spiro atoms. The fraction of sp³-hybridized carbons (Fsp3) is 0.933. The van der Waals surface area contributed by atoms with Gasteiger partial charge in [0, 0.05) is 38.8 Å². The van der Waals surface area contributed by atoms with E-state index in [-0.39, 0.29) is 5.91 Å². The van der Waals surface area contributed by atoms with E-state index in [1.807, 2.05) is 0 Å². The molecule has 1 unspecified atom stereocenters. The van der Waals surface area contributed by atoms with E-state index in [0.29, 0.717) is 18.5 Å². The Labute approximate surface area is 122 Å². The lowest BCUT2D eigenvalue weighted by atomic mass is 10.1. The lowest BCUT2D eigenvalue weighted by Crippen LogP contribution is -2.51. The van der Waals surface area contributed by atoms with Crippen molar-refractivity contribution in [1.82, 2.24) is 15.1 Å². The molecule has 1 aliphatic carbocycles. The van der Waals surface area contributed by atoms with Crippen molar-refractivity contribution in [2.75, 3.05) is 45.8 Å². The number of amides is 1. The molecule has 1 atom stereocenters. The summed E-state index contributed by atoms with van der Waals surface area (Å²) in [6.45, 7) is 8.70. The van der Waals surface area contributed by atoms with Crippen LogP contribution in [0.25, 0.3) is 0 Å².